The highest BCUT2D eigenvalue weighted by molar-refractivity contribution is 5.36. The minimum Gasteiger partial charge on any atom is -0.445 e. The minimum atomic E-state index is 0.0169. The van der Waals surface area contributed by atoms with Gasteiger partial charge in [-0.1, -0.05) is 0 Å². The predicted molar refractivity (Wildman–Crippen MR) is 36.0 cm³/mol. The molecule has 0 unspecified atom stereocenters. The van der Waals surface area contributed by atoms with Gasteiger partial charge in [-0.3, -0.25) is 9.80 Å². The number of carbonyl (C=O) groups is 1. The van der Waals surface area contributed by atoms with Crippen molar-refractivity contribution < 1.29 is 9.53 Å². The summed E-state index contributed by atoms with van der Waals surface area (Å²) in [5.41, 5.74) is 5.76. The van der Waals surface area contributed by atoms with Crippen molar-refractivity contribution in [1.29, 1.82) is 0 Å². The van der Waals surface area contributed by atoms with E-state index in [-0.39, 0.29) is 6.73 Å². The van der Waals surface area contributed by atoms with E-state index in [0.717, 1.165) is 0 Å². The quantitative estimate of drug-likeness (QED) is 0.232. The first-order valence-corrected chi connectivity index (χ1v) is 2.68. The third-order valence-electron chi connectivity index (χ3n) is 0.976. The highest BCUT2D eigenvalue weighted by Crippen LogP contribution is 1.92. The van der Waals surface area contributed by atoms with Crippen molar-refractivity contribution in [3.8, 4) is 0 Å². The van der Waals surface area contributed by atoms with Gasteiger partial charge in [-0.15, -0.1) is 0 Å². The van der Waals surface area contributed by atoms with Crippen molar-refractivity contribution in [1.82, 2.24) is 5.01 Å². The van der Waals surface area contributed by atoms with Gasteiger partial charge in [-0.05, 0) is 6.92 Å². The Hall–Kier alpha value is -1.23. The van der Waals surface area contributed by atoms with E-state index in [0.29, 0.717) is 12.2 Å². The lowest BCUT2D eigenvalue weighted by molar-refractivity contribution is -0.132. The molecular formula is C5H11N3O2. The second-order valence-corrected chi connectivity index (χ2v) is 1.67. The standard InChI is InChI=1S/C5H11N3O2/c1-5(2-6)8(7)3-10-4-9/h2,4H,3,6-7H2,1H3/b5-2-. The molecule has 4 N–H and O–H groups in total. The second-order valence-electron chi connectivity index (χ2n) is 1.67. The van der Waals surface area contributed by atoms with Crippen LogP contribution in [0.4, 0.5) is 0 Å². The molecular weight excluding hydrogens is 134 g/mol. The van der Waals surface area contributed by atoms with E-state index >= 15 is 0 Å². The number of nitrogens with two attached hydrogens (primary N) is 2. The molecule has 0 fully saturated rings. The number of hydrazine groups is 1. The maximum absolute atomic E-state index is 9.67. The van der Waals surface area contributed by atoms with Gasteiger partial charge in [-0.2, -0.15) is 0 Å². The smallest absolute Gasteiger partial charge is 0.294 e. The normalized spacial score (nSPS) is 10.8. The van der Waals surface area contributed by atoms with Crippen LogP contribution in [0.2, 0.25) is 0 Å². The Morgan fingerprint density at radius 2 is 2.40 bits per heavy atom. The van der Waals surface area contributed by atoms with Crippen molar-refractivity contribution >= 4 is 6.47 Å². The molecule has 0 saturated carbocycles. The Kier molecular flexibility index (Phi) is 4.06. The first kappa shape index (κ1) is 8.77. The van der Waals surface area contributed by atoms with Gasteiger partial charge in [0, 0.05) is 11.9 Å². The largest absolute Gasteiger partial charge is 0.445 e. The predicted octanol–water partition coefficient (Wildman–Crippen LogP) is -0.887. The molecule has 0 aliphatic rings. The lowest BCUT2D eigenvalue weighted by Gasteiger charge is -2.16. The Morgan fingerprint density at radius 3 is 2.80 bits per heavy atom. The van der Waals surface area contributed by atoms with Crippen molar-refractivity contribution in [2.24, 2.45) is 11.6 Å². The summed E-state index contributed by atoms with van der Waals surface area (Å²) >= 11 is 0. The Bertz CT molecular complexity index is 135. The zero-order valence-electron chi connectivity index (χ0n) is 5.78. The molecule has 0 aromatic rings. The van der Waals surface area contributed by atoms with Crippen LogP contribution in [0.25, 0.3) is 0 Å². The summed E-state index contributed by atoms with van der Waals surface area (Å²) in [5, 5.41) is 1.22. The highest BCUT2D eigenvalue weighted by atomic mass is 16.5. The van der Waals surface area contributed by atoms with E-state index in [1.165, 1.54) is 11.2 Å². The van der Waals surface area contributed by atoms with Gasteiger partial charge in [0.15, 0.2) is 6.73 Å². The van der Waals surface area contributed by atoms with Crippen LogP contribution in [0, 0.1) is 0 Å². The van der Waals surface area contributed by atoms with Crippen LogP contribution in [0.5, 0.6) is 0 Å². The molecule has 10 heavy (non-hydrogen) atoms. The summed E-state index contributed by atoms with van der Waals surface area (Å²) in [4.78, 5) is 9.67. The fraction of sp³-hybridized carbons (Fsp3) is 0.400. The third-order valence-corrected chi connectivity index (χ3v) is 0.976. The fourth-order valence-electron chi connectivity index (χ4n) is 0.308. The molecule has 0 aliphatic carbocycles. The number of rotatable bonds is 4. The number of hydrogen-bond acceptors (Lipinski definition) is 5. The molecule has 0 rings (SSSR count). The SMILES string of the molecule is C/C(=C/N)N(N)COC=O. The van der Waals surface area contributed by atoms with Gasteiger partial charge >= 0.3 is 0 Å². The van der Waals surface area contributed by atoms with Gasteiger partial charge in [0.25, 0.3) is 6.47 Å². The van der Waals surface area contributed by atoms with Crippen LogP contribution < -0.4 is 11.6 Å². The summed E-state index contributed by atoms with van der Waals surface area (Å²) < 4.78 is 4.34. The summed E-state index contributed by atoms with van der Waals surface area (Å²) in [7, 11) is 0. The van der Waals surface area contributed by atoms with Crippen LogP contribution in [0.3, 0.4) is 0 Å². The van der Waals surface area contributed by atoms with Crippen LogP contribution in [0.15, 0.2) is 11.9 Å². The lowest BCUT2D eigenvalue weighted by atomic mass is 10.5. The summed E-state index contributed by atoms with van der Waals surface area (Å²) in [5.74, 6) is 5.31. The number of nitrogens with zero attached hydrogens (tertiary/aromatic N) is 1. The highest BCUT2D eigenvalue weighted by Gasteiger charge is 1.96. The molecule has 5 nitrogen and oxygen atoms in total. The molecule has 0 heterocycles. The molecule has 0 radical (unpaired) electrons. The van der Waals surface area contributed by atoms with Crippen LogP contribution in [-0.4, -0.2) is 18.2 Å². The topological polar surface area (TPSA) is 81.6 Å². The molecule has 58 valence electrons. The minimum absolute atomic E-state index is 0.0169. The lowest BCUT2D eigenvalue weighted by Crippen LogP contribution is -2.31. The maximum atomic E-state index is 9.67. The van der Waals surface area contributed by atoms with Crippen LogP contribution >= 0.6 is 0 Å². The van der Waals surface area contributed by atoms with Crippen molar-refractivity contribution in [3.05, 3.63) is 11.9 Å². The first-order valence-electron chi connectivity index (χ1n) is 2.68. The maximum Gasteiger partial charge on any atom is 0.294 e. The third kappa shape index (κ3) is 2.93. The zero-order valence-corrected chi connectivity index (χ0v) is 5.78. The van der Waals surface area contributed by atoms with E-state index in [2.05, 4.69) is 4.74 Å². The van der Waals surface area contributed by atoms with Crippen molar-refractivity contribution in [3.63, 3.8) is 0 Å². The fourth-order valence-corrected chi connectivity index (χ4v) is 0.308. The van der Waals surface area contributed by atoms with E-state index in [1.807, 2.05) is 0 Å². The Morgan fingerprint density at radius 1 is 1.80 bits per heavy atom. The molecule has 0 bridgehead atoms. The monoisotopic (exact) mass is 145 g/mol. The molecule has 0 atom stereocenters. The van der Waals surface area contributed by atoms with E-state index in [9.17, 15) is 4.79 Å². The molecule has 0 aromatic heterocycles. The first-order chi connectivity index (χ1) is 4.72. The number of hydrogen-bond donors (Lipinski definition) is 2. The molecule has 0 aliphatic heterocycles. The second kappa shape index (κ2) is 4.63. The molecule has 5 heteroatoms. The van der Waals surface area contributed by atoms with Gasteiger partial charge in [0.05, 0.1) is 0 Å². The number of ether oxygens (including phenoxy) is 1. The average Bonchev–Trinajstić information content (AvgIpc) is 1.98. The zero-order chi connectivity index (χ0) is 7.98. The molecule has 0 aromatic carbocycles. The molecule has 0 amide bonds. The summed E-state index contributed by atoms with van der Waals surface area (Å²) in [6.45, 7) is 2.04. The number of carbonyl (C=O) groups excluding carboxylic acids is 1. The summed E-state index contributed by atoms with van der Waals surface area (Å²) in [6.07, 6.45) is 1.33. The molecule has 0 saturated heterocycles. The van der Waals surface area contributed by atoms with Gasteiger partial charge in [0.2, 0.25) is 0 Å². The summed E-state index contributed by atoms with van der Waals surface area (Å²) in [6, 6.07) is 0. The average molecular weight is 145 g/mol. The van der Waals surface area contributed by atoms with Gasteiger partial charge < -0.3 is 10.5 Å². The van der Waals surface area contributed by atoms with Crippen molar-refractivity contribution in [2.45, 2.75) is 6.92 Å². The van der Waals surface area contributed by atoms with E-state index in [4.69, 9.17) is 11.6 Å². The Labute approximate surface area is 59.2 Å². The van der Waals surface area contributed by atoms with Crippen LogP contribution in [0.1, 0.15) is 6.92 Å². The molecule has 0 spiro atoms. The van der Waals surface area contributed by atoms with E-state index in [1.54, 1.807) is 6.92 Å². The Balaban J connectivity index is 3.61. The van der Waals surface area contributed by atoms with E-state index < -0.39 is 0 Å². The van der Waals surface area contributed by atoms with Gasteiger partial charge in [0.1, 0.15) is 0 Å². The number of allylic oxidation sites excluding steroid dienone is 1. The van der Waals surface area contributed by atoms with Gasteiger partial charge in [-0.25, -0.2) is 5.84 Å². The van der Waals surface area contributed by atoms with Crippen molar-refractivity contribution in [2.75, 3.05) is 6.73 Å². The van der Waals surface area contributed by atoms with Crippen LogP contribution in [-0.2, 0) is 9.53 Å².